The van der Waals surface area contributed by atoms with E-state index in [0.29, 0.717) is 29.4 Å². The highest BCUT2D eigenvalue weighted by Gasteiger charge is 2.31. The second-order valence-electron chi connectivity index (χ2n) is 5.19. The van der Waals surface area contributed by atoms with Crippen LogP contribution in [0.1, 0.15) is 25.5 Å². The number of primary amides is 1. The number of carbonyl (C=O) groups is 2. The van der Waals surface area contributed by atoms with Crippen molar-refractivity contribution < 1.29 is 19.1 Å². The van der Waals surface area contributed by atoms with Crippen LogP contribution in [0.15, 0.2) is 23.4 Å². The summed E-state index contributed by atoms with van der Waals surface area (Å²) in [5.41, 5.74) is 6.60. The number of halogens is 1. The third-order valence-corrected chi connectivity index (χ3v) is 3.78. The minimum absolute atomic E-state index is 0.0226. The molecule has 0 aromatic heterocycles. The maximum Gasteiger partial charge on any atom is 0.319 e. The van der Waals surface area contributed by atoms with E-state index in [1.165, 1.54) is 0 Å². The minimum Gasteiger partial charge on any atom is -0.490 e. The van der Waals surface area contributed by atoms with Crippen molar-refractivity contribution in [2.45, 2.75) is 19.9 Å². The van der Waals surface area contributed by atoms with E-state index in [4.69, 9.17) is 33.2 Å². The molecule has 0 radical (unpaired) electrons. The molecule has 1 aromatic carbocycles. The molecular weight excluding hydrogens is 346 g/mol. The molecule has 0 spiro atoms. The predicted octanol–water partition coefficient (Wildman–Crippen LogP) is 1.86. The minimum atomic E-state index is -0.760. The Morgan fingerprint density at radius 1 is 1.44 bits per heavy atom. The molecule has 2 rings (SSSR count). The molecule has 0 bridgehead atoms. The van der Waals surface area contributed by atoms with Gasteiger partial charge in [0.05, 0.1) is 23.2 Å². The average molecular weight is 364 g/mol. The summed E-state index contributed by atoms with van der Waals surface area (Å²) in [6.45, 7) is 3.79. The zero-order chi connectivity index (χ0) is 18.6. The Balaban J connectivity index is 2.54. The fourth-order valence-corrected chi connectivity index (χ4v) is 2.82. The van der Waals surface area contributed by atoms with E-state index in [0.717, 1.165) is 0 Å². The summed E-state index contributed by atoms with van der Waals surface area (Å²) in [6.07, 6.45) is 5.21. The van der Waals surface area contributed by atoms with Crippen LogP contribution < -0.4 is 25.8 Å². The van der Waals surface area contributed by atoms with Crippen molar-refractivity contribution in [2.75, 3.05) is 13.2 Å². The summed E-state index contributed by atoms with van der Waals surface area (Å²) in [5.74, 6) is 2.35. The SMILES string of the molecule is C#CCOc1c(Cl)cc([C@H]2NC(=O)NC(C)=C2C(N)=O)cc1OCC. The van der Waals surface area contributed by atoms with Gasteiger partial charge in [-0.2, -0.15) is 0 Å². The van der Waals surface area contributed by atoms with Crippen LogP contribution in [0.4, 0.5) is 4.79 Å². The fraction of sp³-hybridized carbons (Fsp3) is 0.294. The molecule has 3 amide bonds. The second-order valence-corrected chi connectivity index (χ2v) is 5.60. The van der Waals surface area contributed by atoms with E-state index in [1.807, 2.05) is 0 Å². The van der Waals surface area contributed by atoms with Crippen LogP contribution in [-0.4, -0.2) is 25.2 Å². The molecule has 0 saturated heterocycles. The Bertz CT molecular complexity index is 783. The lowest BCUT2D eigenvalue weighted by molar-refractivity contribution is -0.115. The van der Waals surface area contributed by atoms with Gasteiger partial charge < -0.3 is 25.8 Å². The second kappa shape index (κ2) is 7.81. The molecule has 0 unspecified atom stereocenters. The van der Waals surface area contributed by atoms with Crippen molar-refractivity contribution in [1.82, 2.24) is 10.6 Å². The quantitative estimate of drug-likeness (QED) is 0.671. The van der Waals surface area contributed by atoms with Crippen LogP contribution in [0.5, 0.6) is 11.5 Å². The van der Waals surface area contributed by atoms with E-state index in [-0.39, 0.29) is 17.2 Å². The Morgan fingerprint density at radius 3 is 2.76 bits per heavy atom. The third-order valence-electron chi connectivity index (χ3n) is 3.50. The number of allylic oxidation sites excluding steroid dienone is 1. The number of carbonyl (C=O) groups excluding carboxylic acids is 2. The number of hydrogen-bond donors (Lipinski definition) is 3. The number of urea groups is 1. The molecule has 1 aromatic rings. The maximum atomic E-state index is 11.8. The maximum absolute atomic E-state index is 11.8. The topological polar surface area (TPSA) is 103 Å². The van der Waals surface area contributed by atoms with Crippen LogP contribution in [0, 0.1) is 12.3 Å². The molecule has 1 aliphatic rings. The zero-order valence-corrected chi connectivity index (χ0v) is 14.6. The normalized spacial score (nSPS) is 16.6. The Kier molecular flexibility index (Phi) is 5.78. The number of nitrogens with one attached hydrogen (secondary N) is 2. The standard InChI is InChI=1S/C17H18ClN3O4/c1-4-6-25-15-11(18)7-10(8-12(15)24-5-2)14-13(16(19)22)9(3)20-17(23)21-14/h1,7-8,14H,5-6H2,2-3H3,(H2,19,22)(H2,20,21,23)/t14-/m1/s1. The third kappa shape index (κ3) is 3.98. The van der Waals surface area contributed by atoms with Crippen molar-refractivity contribution in [2.24, 2.45) is 5.73 Å². The van der Waals surface area contributed by atoms with Crippen molar-refractivity contribution >= 4 is 23.5 Å². The van der Waals surface area contributed by atoms with E-state index in [1.54, 1.807) is 26.0 Å². The molecule has 0 fully saturated rings. The van der Waals surface area contributed by atoms with Crippen molar-refractivity contribution in [3.05, 3.63) is 34.0 Å². The molecule has 7 nitrogen and oxygen atoms in total. The summed E-state index contributed by atoms with van der Waals surface area (Å²) in [5, 5.41) is 5.42. The Hall–Kier alpha value is -2.85. The van der Waals surface area contributed by atoms with E-state index >= 15 is 0 Å². The largest absolute Gasteiger partial charge is 0.490 e. The first kappa shape index (κ1) is 18.5. The number of nitrogens with two attached hydrogens (primary N) is 1. The van der Waals surface area contributed by atoms with Crippen LogP contribution in [0.25, 0.3) is 0 Å². The van der Waals surface area contributed by atoms with Gasteiger partial charge >= 0.3 is 6.03 Å². The van der Waals surface area contributed by atoms with Gasteiger partial charge in [-0.3, -0.25) is 4.79 Å². The van der Waals surface area contributed by atoms with Crippen molar-refractivity contribution in [3.63, 3.8) is 0 Å². The number of hydrogen-bond acceptors (Lipinski definition) is 4. The van der Waals surface area contributed by atoms with Gasteiger partial charge in [0.15, 0.2) is 11.5 Å². The van der Waals surface area contributed by atoms with Crippen LogP contribution in [-0.2, 0) is 4.79 Å². The first-order valence-electron chi connectivity index (χ1n) is 7.49. The van der Waals surface area contributed by atoms with Crippen molar-refractivity contribution in [3.8, 4) is 23.8 Å². The molecule has 132 valence electrons. The smallest absolute Gasteiger partial charge is 0.319 e. The molecule has 4 N–H and O–H groups in total. The van der Waals surface area contributed by atoms with Gasteiger partial charge in [0.25, 0.3) is 0 Å². The summed E-state index contributed by atoms with van der Waals surface area (Å²) in [6, 6.07) is 2.00. The Labute approximate surface area is 150 Å². The molecule has 25 heavy (non-hydrogen) atoms. The van der Waals surface area contributed by atoms with E-state index in [2.05, 4.69) is 16.6 Å². The van der Waals surface area contributed by atoms with Crippen LogP contribution in [0.2, 0.25) is 5.02 Å². The average Bonchev–Trinajstić information content (AvgIpc) is 2.53. The van der Waals surface area contributed by atoms with Gasteiger partial charge in [-0.15, -0.1) is 6.42 Å². The number of ether oxygens (including phenoxy) is 2. The van der Waals surface area contributed by atoms with Crippen LogP contribution >= 0.6 is 11.6 Å². The number of benzene rings is 1. The summed E-state index contributed by atoms with van der Waals surface area (Å²) < 4.78 is 11.0. The lowest BCUT2D eigenvalue weighted by atomic mass is 9.94. The molecule has 0 saturated carbocycles. The van der Waals surface area contributed by atoms with E-state index < -0.39 is 18.0 Å². The molecule has 8 heteroatoms. The molecule has 1 heterocycles. The lowest BCUT2D eigenvalue weighted by Crippen LogP contribution is -2.46. The highest BCUT2D eigenvalue weighted by atomic mass is 35.5. The van der Waals surface area contributed by atoms with Gasteiger partial charge in [0.2, 0.25) is 5.91 Å². The van der Waals surface area contributed by atoms with Crippen LogP contribution in [0.3, 0.4) is 0 Å². The summed E-state index contributed by atoms with van der Waals surface area (Å²) in [7, 11) is 0. The molecular formula is C17H18ClN3O4. The first-order valence-corrected chi connectivity index (χ1v) is 7.87. The lowest BCUT2D eigenvalue weighted by Gasteiger charge is -2.28. The highest BCUT2D eigenvalue weighted by molar-refractivity contribution is 6.32. The molecule has 1 atom stereocenters. The van der Waals surface area contributed by atoms with Gasteiger partial charge in [0, 0.05) is 5.70 Å². The monoisotopic (exact) mass is 363 g/mol. The highest BCUT2D eigenvalue weighted by Crippen LogP contribution is 2.40. The first-order chi connectivity index (χ1) is 11.9. The van der Waals surface area contributed by atoms with Gasteiger partial charge in [-0.05, 0) is 31.5 Å². The van der Waals surface area contributed by atoms with Gasteiger partial charge in [-0.25, -0.2) is 4.79 Å². The summed E-state index contributed by atoms with van der Waals surface area (Å²) >= 11 is 6.29. The molecule has 1 aliphatic heterocycles. The predicted molar refractivity (Wildman–Crippen MR) is 93.3 cm³/mol. The Morgan fingerprint density at radius 2 is 2.16 bits per heavy atom. The fourth-order valence-electron chi connectivity index (χ4n) is 2.54. The number of rotatable bonds is 6. The van der Waals surface area contributed by atoms with E-state index in [9.17, 15) is 9.59 Å². The number of amides is 3. The van der Waals surface area contributed by atoms with Gasteiger partial charge in [-0.1, -0.05) is 17.5 Å². The van der Waals surface area contributed by atoms with Gasteiger partial charge in [0.1, 0.15) is 6.61 Å². The molecule has 0 aliphatic carbocycles. The van der Waals surface area contributed by atoms with Crippen molar-refractivity contribution in [1.29, 1.82) is 0 Å². The zero-order valence-electron chi connectivity index (χ0n) is 13.8. The number of terminal acetylenes is 1. The summed E-state index contributed by atoms with van der Waals surface area (Å²) in [4.78, 5) is 23.6.